The van der Waals surface area contributed by atoms with Crippen molar-refractivity contribution in [2.75, 3.05) is 5.32 Å². The van der Waals surface area contributed by atoms with Crippen molar-refractivity contribution in [3.8, 4) is 0 Å². The van der Waals surface area contributed by atoms with Crippen LogP contribution in [0.25, 0.3) is 10.9 Å². The number of aromatic amines is 1. The lowest BCUT2D eigenvalue weighted by Crippen LogP contribution is -2.34. The van der Waals surface area contributed by atoms with Gasteiger partial charge in [0.2, 0.25) is 5.13 Å². The molecule has 0 spiro atoms. The van der Waals surface area contributed by atoms with Crippen molar-refractivity contribution in [2.45, 2.75) is 39.7 Å². The second-order valence-corrected chi connectivity index (χ2v) is 6.86. The Balaban J connectivity index is 1.86. The Kier molecular flexibility index (Phi) is 5.27. The standard InChI is InChI=1S/C17H19N5O3S/c1-3-5-6-13-20-21-16(26-13)19-14(23)10-7-8-11-12(9-10)18-17(25)22(4-2)15(11)24/h7-9H,3-6H2,1-2H3,(H,18,25)(H,19,21,23). The van der Waals surface area contributed by atoms with Crippen LogP contribution in [0.15, 0.2) is 27.8 Å². The van der Waals surface area contributed by atoms with Gasteiger partial charge < -0.3 is 4.98 Å². The Morgan fingerprint density at radius 1 is 1.27 bits per heavy atom. The van der Waals surface area contributed by atoms with E-state index in [1.807, 2.05) is 0 Å². The molecule has 26 heavy (non-hydrogen) atoms. The number of anilines is 1. The summed E-state index contributed by atoms with van der Waals surface area (Å²) in [5.41, 5.74) is -0.208. The summed E-state index contributed by atoms with van der Waals surface area (Å²) in [6.07, 6.45) is 2.93. The van der Waals surface area contributed by atoms with Crippen molar-refractivity contribution in [1.29, 1.82) is 0 Å². The number of hydrogen-bond acceptors (Lipinski definition) is 6. The van der Waals surface area contributed by atoms with E-state index in [1.54, 1.807) is 19.1 Å². The number of H-pyrrole nitrogens is 1. The smallest absolute Gasteiger partial charge is 0.307 e. The van der Waals surface area contributed by atoms with Gasteiger partial charge in [-0.2, -0.15) is 0 Å². The van der Waals surface area contributed by atoms with Crippen molar-refractivity contribution in [3.05, 3.63) is 49.6 Å². The predicted molar refractivity (Wildman–Crippen MR) is 101 cm³/mol. The van der Waals surface area contributed by atoms with Gasteiger partial charge in [0.15, 0.2) is 0 Å². The maximum absolute atomic E-state index is 12.4. The predicted octanol–water partition coefficient (Wildman–Crippen LogP) is 2.16. The van der Waals surface area contributed by atoms with Crippen LogP contribution in [-0.4, -0.2) is 25.7 Å². The number of hydrogen-bond donors (Lipinski definition) is 2. The molecule has 2 heterocycles. The molecular formula is C17H19N5O3S. The van der Waals surface area contributed by atoms with Crippen LogP contribution in [-0.2, 0) is 13.0 Å². The van der Waals surface area contributed by atoms with Crippen LogP contribution in [0.4, 0.5) is 5.13 Å². The molecular weight excluding hydrogens is 354 g/mol. The van der Waals surface area contributed by atoms with Gasteiger partial charge in [-0.05, 0) is 31.5 Å². The molecule has 0 saturated carbocycles. The SMILES string of the molecule is CCCCc1nnc(NC(=O)c2ccc3c(=O)n(CC)c(=O)[nH]c3c2)s1. The van der Waals surface area contributed by atoms with E-state index in [0.29, 0.717) is 21.6 Å². The third-order valence-electron chi connectivity index (χ3n) is 3.99. The van der Waals surface area contributed by atoms with Crippen LogP contribution in [0.2, 0.25) is 0 Å². The first-order valence-electron chi connectivity index (χ1n) is 8.44. The number of carbonyl (C=O) groups is 1. The minimum Gasteiger partial charge on any atom is -0.307 e. The van der Waals surface area contributed by atoms with Crippen LogP contribution in [0.3, 0.4) is 0 Å². The zero-order valence-corrected chi connectivity index (χ0v) is 15.4. The maximum atomic E-state index is 12.4. The highest BCUT2D eigenvalue weighted by molar-refractivity contribution is 7.15. The fraction of sp³-hybridized carbons (Fsp3) is 0.353. The average molecular weight is 373 g/mol. The summed E-state index contributed by atoms with van der Waals surface area (Å²) in [6, 6.07) is 4.59. The van der Waals surface area contributed by atoms with Gasteiger partial charge in [-0.15, -0.1) is 10.2 Å². The number of aryl methyl sites for hydroxylation is 1. The monoisotopic (exact) mass is 373 g/mol. The molecule has 9 heteroatoms. The van der Waals surface area contributed by atoms with Crippen LogP contribution in [0.5, 0.6) is 0 Å². The molecule has 0 bridgehead atoms. The normalized spacial score (nSPS) is 11.0. The minimum atomic E-state index is -0.493. The molecule has 2 aromatic heterocycles. The van der Waals surface area contributed by atoms with Crippen LogP contribution < -0.4 is 16.6 Å². The highest BCUT2D eigenvalue weighted by atomic mass is 32.1. The zero-order valence-electron chi connectivity index (χ0n) is 14.5. The van der Waals surface area contributed by atoms with Gasteiger partial charge in [-0.25, -0.2) is 4.79 Å². The second-order valence-electron chi connectivity index (χ2n) is 5.80. The van der Waals surface area contributed by atoms with Gasteiger partial charge in [0, 0.05) is 18.5 Å². The van der Waals surface area contributed by atoms with E-state index in [4.69, 9.17) is 0 Å². The molecule has 0 unspecified atom stereocenters. The fourth-order valence-electron chi connectivity index (χ4n) is 2.59. The fourth-order valence-corrected chi connectivity index (χ4v) is 3.36. The molecule has 0 saturated heterocycles. The van der Waals surface area contributed by atoms with E-state index in [9.17, 15) is 14.4 Å². The first-order chi connectivity index (χ1) is 12.5. The first kappa shape index (κ1) is 18.0. The quantitative estimate of drug-likeness (QED) is 0.688. The minimum absolute atomic E-state index is 0.282. The molecule has 1 aromatic carbocycles. The second kappa shape index (κ2) is 7.61. The summed E-state index contributed by atoms with van der Waals surface area (Å²) >= 11 is 1.34. The number of carbonyl (C=O) groups excluding carboxylic acids is 1. The molecule has 0 atom stereocenters. The van der Waals surface area contributed by atoms with Gasteiger partial charge in [-0.3, -0.25) is 19.5 Å². The summed E-state index contributed by atoms with van der Waals surface area (Å²) < 4.78 is 1.11. The molecule has 0 aliphatic carbocycles. The summed E-state index contributed by atoms with van der Waals surface area (Å²) in [4.78, 5) is 39.3. The number of aromatic nitrogens is 4. The van der Waals surface area contributed by atoms with E-state index in [0.717, 1.165) is 28.8 Å². The molecule has 2 N–H and O–H groups in total. The Morgan fingerprint density at radius 2 is 2.08 bits per heavy atom. The maximum Gasteiger partial charge on any atom is 0.328 e. The molecule has 0 aliphatic heterocycles. The topological polar surface area (TPSA) is 110 Å². The number of amides is 1. The van der Waals surface area contributed by atoms with Gasteiger partial charge in [0.1, 0.15) is 5.01 Å². The molecule has 0 aliphatic rings. The lowest BCUT2D eigenvalue weighted by Gasteiger charge is -2.05. The molecule has 3 aromatic rings. The van der Waals surface area contributed by atoms with E-state index in [-0.39, 0.29) is 18.0 Å². The molecule has 136 valence electrons. The Labute approximate surface area is 152 Å². The lowest BCUT2D eigenvalue weighted by atomic mass is 10.1. The number of unbranched alkanes of at least 4 members (excludes halogenated alkanes) is 1. The Hall–Kier alpha value is -2.81. The van der Waals surface area contributed by atoms with Gasteiger partial charge in [-0.1, -0.05) is 24.7 Å². The van der Waals surface area contributed by atoms with Gasteiger partial charge >= 0.3 is 5.69 Å². The third-order valence-corrected chi connectivity index (χ3v) is 4.89. The molecule has 0 radical (unpaired) electrons. The van der Waals surface area contributed by atoms with E-state index in [2.05, 4.69) is 27.4 Å². The highest BCUT2D eigenvalue weighted by Gasteiger charge is 2.13. The van der Waals surface area contributed by atoms with Crippen LogP contribution in [0, 0.1) is 0 Å². The summed E-state index contributed by atoms with van der Waals surface area (Å²) in [6.45, 7) is 4.11. The largest absolute Gasteiger partial charge is 0.328 e. The first-order valence-corrected chi connectivity index (χ1v) is 9.25. The molecule has 1 amide bonds. The van der Waals surface area contributed by atoms with E-state index in [1.165, 1.54) is 17.4 Å². The highest BCUT2D eigenvalue weighted by Crippen LogP contribution is 2.18. The molecule has 0 fully saturated rings. The van der Waals surface area contributed by atoms with Crippen molar-refractivity contribution in [3.63, 3.8) is 0 Å². The summed E-state index contributed by atoms with van der Waals surface area (Å²) in [7, 11) is 0. The Bertz CT molecular complexity index is 1070. The third kappa shape index (κ3) is 3.57. The van der Waals surface area contributed by atoms with Crippen molar-refractivity contribution >= 4 is 33.3 Å². The van der Waals surface area contributed by atoms with Gasteiger partial charge in [0.05, 0.1) is 10.9 Å². The zero-order chi connectivity index (χ0) is 18.7. The Morgan fingerprint density at radius 3 is 2.81 bits per heavy atom. The van der Waals surface area contributed by atoms with Crippen LogP contribution >= 0.6 is 11.3 Å². The van der Waals surface area contributed by atoms with Crippen molar-refractivity contribution in [2.24, 2.45) is 0 Å². The number of benzene rings is 1. The molecule has 3 rings (SSSR count). The van der Waals surface area contributed by atoms with E-state index < -0.39 is 5.69 Å². The number of nitrogens with one attached hydrogen (secondary N) is 2. The van der Waals surface area contributed by atoms with E-state index >= 15 is 0 Å². The van der Waals surface area contributed by atoms with Gasteiger partial charge in [0.25, 0.3) is 11.5 Å². The average Bonchev–Trinajstić information content (AvgIpc) is 3.07. The van der Waals surface area contributed by atoms with Crippen molar-refractivity contribution < 1.29 is 4.79 Å². The number of nitrogens with zero attached hydrogens (tertiary/aromatic N) is 3. The lowest BCUT2D eigenvalue weighted by molar-refractivity contribution is 0.102. The van der Waals surface area contributed by atoms with Crippen molar-refractivity contribution in [1.82, 2.24) is 19.7 Å². The number of fused-ring (bicyclic) bond motifs is 1. The summed E-state index contributed by atoms with van der Waals surface area (Å²) in [5, 5.41) is 12.4. The van der Waals surface area contributed by atoms with Crippen LogP contribution in [0.1, 0.15) is 42.1 Å². The summed E-state index contributed by atoms with van der Waals surface area (Å²) in [5.74, 6) is -0.370. The number of rotatable bonds is 6. The molecule has 8 nitrogen and oxygen atoms in total.